The van der Waals surface area contributed by atoms with Crippen molar-refractivity contribution in [2.75, 3.05) is 32.7 Å². The third-order valence-corrected chi connectivity index (χ3v) is 2.20. The Hall–Kier alpha value is -1.54. The minimum Gasteiger partial charge on any atom is -0.465 e. The molecule has 5 heteroatoms. The summed E-state index contributed by atoms with van der Waals surface area (Å²) in [5.41, 5.74) is 0. The van der Waals surface area contributed by atoms with E-state index in [1.54, 1.807) is 6.08 Å². The van der Waals surface area contributed by atoms with E-state index in [0.29, 0.717) is 13.1 Å². The lowest BCUT2D eigenvalue weighted by atomic mass is 10.3. The molecule has 1 rings (SSSR count). The maximum absolute atomic E-state index is 10.6. The fraction of sp³-hybridized carbons (Fsp3) is 0.556. The van der Waals surface area contributed by atoms with E-state index in [0.717, 1.165) is 19.6 Å². The maximum atomic E-state index is 10.6. The molecule has 0 aromatic carbocycles. The fourth-order valence-electron chi connectivity index (χ4n) is 1.38. The number of rotatable bonds is 2. The molecule has 76 valence electrons. The molecule has 1 amide bonds. The van der Waals surface area contributed by atoms with Gasteiger partial charge in [-0.05, 0) is 0 Å². The Morgan fingerprint density at radius 1 is 1.43 bits per heavy atom. The van der Waals surface area contributed by atoms with Crippen LogP contribution in [-0.2, 0) is 0 Å². The van der Waals surface area contributed by atoms with Crippen molar-refractivity contribution in [3.05, 3.63) is 12.2 Å². The van der Waals surface area contributed by atoms with Crippen molar-refractivity contribution in [1.82, 2.24) is 9.80 Å². The summed E-state index contributed by atoms with van der Waals surface area (Å²) in [6.45, 7) is 3.30. The first kappa shape index (κ1) is 10.5. The van der Waals surface area contributed by atoms with E-state index in [2.05, 4.69) is 4.90 Å². The molecule has 1 fully saturated rings. The molecule has 0 aromatic heterocycles. The summed E-state index contributed by atoms with van der Waals surface area (Å²) in [4.78, 5) is 14.1. The van der Waals surface area contributed by atoms with Crippen molar-refractivity contribution in [2.45, 2.75) is 0 Å². The molecule has 5 nitrogen and oxygen atoms in total. The zero-order chi connectivity index (χ0) is 10.4. The summed E-state index contributed by atoms with van der Waals surface area (Å²) in [6.07, 6.45) is 2.39. The van der Waals surface area contributed by atoms with E-state index in [9.17, 15) is 4.79 Å². The molecule has 1 N–H and O–H groups in total. The molecule has 0 saturated carbocycles. The smallest absolute Gasteiger partial charge is 0.407 e. The van der Waals surface area contributed by atoms with Crippen LogP contribution in [0.1, 0.15) is 0 Å². The normalized spacial score (nSPS) is 18.4. The van der Waals surface area contributed by atoms with Gasteiger partial charge in [0.05, 0.1) is 6.07 Å². The van der Waals surface area contributed by atoms with Crippen LogP contribution in [0.4, 0.5) is 4.79 Å². The highest BCUT2D eigenvalue weighted by atomic mass is 16.4. The standard InChI is InChI=1S/C9H13N3O2/c10-3-1-2-4-11-5-7-12(8-6-11)9(13)14/h1-2H,4-8H2,(H,13,14). The second-order valence-corrected chi connectivity index (χ2v) is 3.10. The Kier molecular flexibility index (Phi) is 3.95. The number of hydrogen-bond acceptors (Lipinski definition) is 3. The quantitative estimate of drug-likeness (QED) is 0.646. The van der Waals surface area contributed by atoms with Crippen LogP contribution in [0.5, 0.6) is 0 Å². The van der Waals surface area contributed by atoms with Gasteiger partial charge in [-0.25, -0.2) is 4.79 Å². The average Bonchev–Trinajstić information content (AvgIpc) is 2.19. The number of nitrogens with zero attached hydrogens (tertiary/aromatic N) is 3. The van der Waals surface area contributed by atoms with Gasteiger partial charge in [0.25, 0.3) is 0 Å². The van der Waals surface area contributed by atoms with Crippen molar-refractivity contribution in [1.29, 1.82) is 5.26 Å². The molecule has 0 bridgehead atoms. The van der Waals surface area contributed by atoms with Crippen LogP contribution in [0.3, 0.4) is 0 Å². The number of allylic oxidation sites excluding steroid dienone is 1. The van der Waals surface area contributed by atoms with Gasteiger partial charge in [0.2, 0.25) is 0 Å². The van der Waals surface area contributed by atoms with Crippen LogP contribution in [0.2, 0.25) is 0 Å². The van der Waals surface area contributed by atoms with Crippen LogP contribution in [0, 0.1) is 11.3 Å². The Morgan fingerprint density at radius 2 is 2.07 bits per heavy atom. The largest absolute Gasteiger partial charge is 0.465 e. The molecule has 0 radical (unpaired) electrons. The second kappa shape index (κ2) is 5.25. The SMILES string of the molecule is N#CC=CCN1CCN(C(=O)O)CC1. The summed E-state index contributed by atoms with van der Waals surface area (Å²) in [5, 5.41) is 17.0. The molecule has 1 aliphatic rings. The van der Waals surface area contributed by atoms with Crippen LogP contribution in [0.15, 0.2) is 12.2 Å². The van der Waals surface area contributed by atoms with Gasteiger partial charge >= 0.3 is 6.09 Å². The van der Waals surface area contributed by atoms with Gasteiger partial charge < -0.3 is 10.0 Å². The lowest BCUT2D eigenvalue weighted by Crippen LogP contribution is -2.48. The average molecular weight is 195 g/mol. The molecular formula is C9H13N3O2. The third kappa shape index (κ3) is 3.07. The minimum atomic E-state index is -0.850. The molecule has 0 unspecified atom stereocenters. The number of piperazine rings is 1. The van der Waals surface area contributed by atoms with Gasteiger partial charge in [0.15, 0.2) is 0 Å². The van der Waals surface area contributed by atoms with Gasteiger partial charge in [-0.15, -0.1) is 0 Å². The maximum Gasteiger partial charge on any atom is 0.407 e. The summed E-state index contributed by atoms with van der Waals surface area (Å²) >= 11 is 0. The van der Waals surface area contributed by atoms with Gasteiger partial charge in [-0.2, -0.15) is 5.26 Å². The summed E-state index contributed by atoms with van der Waals surface area (Å²) in [6, 6.07) is 1.92. The highest BCUT2D eigenvalue weighted by Gasteiger charge is 2.18. The summed E-state index contributed by atoms with van der Waals surface area (Å²) in [7, 11) is 0. The van der Waals surface area contributed by atoms with Crippen molar-refractivity contribution in [2.24, 2.45) is 0 Å². The first-order chi connectivity index (χ1) is 6.74. The summed E-state index contributed by atoms with van der Waals surface area (Å²) in [5.74, 6) is 0. The van der Waals surface area contributed by atoms with Gasteiger partial charge in [0.1, 0.15) is 0 Å². The monoisotopic (exact) mass is 195 g/mol. The highest BCUT2D eigenvalue weighted by Crippen LogP contribution is 2.01. The highest BCUT2D eigenvalue weighted by molar-refractivity contribution is 5.65. The predicted octanol–water partition coefficient (Wildman–Crippen LogP) is 0.362. The Labute approximate surface area is 82.8 Å². The van der Waals surface area contributed by atoms with Gasteiger partial charge in [0, 0.05) is 38.8 Å². The van der Waals surface area contributed by atoms with E-state index in [4.69, 9.17) is 10.4 Å². The van der Waals surface area contributed by atoms with Crippen LogP contribution in [-0.4, -0.2) is 53.7 Å². The van der Waals surface area contributed by atoms with E-state index in [1.807, 2.05) is 6.07 Å². The summed E-state index contributed by atoms with van der Waals surface area (Å²) < 4.78 is 0. The number of nitriles is 1. The zero-order valence-corrected chi connectivity index (χ0v) is 7.89. The Balaban J connectivity index is 2.26. The lowest BCUT2D eigenvalue weighted by Gasteiger charge is -2.32. The number of carboxylic acid groups (broad SMARTS) is 1. The number of amides is 1. The van der Waals surface area contributed by atoms with Gasteiger partial charge in [-0.3, -0.25) is 4.90 Å². The molecule has 1 heterocycles. The van der Waals surface area contributed by atoms with Gasteiger partial charge in [-0.1, -0.05) is 6.08 Å². The van der Waals surface area contributed by atoms with E-state index in [-0.39, 0.29) is 0 Å². The molecule has 1 aliphatic heterocycles. The van der Waals surface area contributed by atoms with Crippen molar-refractivity contribution < 1.29 is 9.90 Å². The van der Waals surface area contributed by atoms with E-state index >= 15 is 0 Å². The van der Waals surface area contributed by atoms with Crippen LogP contribution in [0.25, 0.3) is 0 Å². The predicted molar refractivity (Wildman–Crippen MR) is 50.8 cm³/mol. The van der Waals surface area contributed by atoms with E-state index in [1.165, 1.54) is 11.0 Å². The zero-order valence-electron chi connectivity index (χ0n) is 7.89. The van der Waals surface area contributed by atoms with Crippen LogP contribution < -0.4 is 0 Å². The third-order valence-electron chi connectivity index (χ3n) is 2.20. The van der Waals surface area contributed by atoms with Crippen molar-refractivity contribution >= 4 is 6.09 Å². The molecule has 14 heavy (non-hydrogen) atoms. The molecule has 0 aromatic rings. The number of hydrogen-bond donors (Lipinski definition) is 1. The minimum absolute atomic E-state index is 0.551. The Bertz CT molecular complexity index is 262. The van der Waals surface area contributed by atoms with Crippen LogP contribution >= 0.6 is 0 Å². The molecule has 0 aliphatic carbocycles. The first-order valence-electron chi connectivity index (χ1n) is 4.49. The van der Waals surface area contributed by atoms with E-state index < -0.39 is 6.09 Å². The molecule has 1 saturated heterocycles. The molecular weight excluding hydrogens is 182 g/mol. The Morgan fingerprint density at radius 3 is 2.57 bits per heavy atom. The lowest BCUT2D eigenvalue weighted by molar-refractivity contribution is 0.110. The fourth-order valence-corrected chi connectivity index (χ4v) is 1.38. The molecule has 0 spiro atoms. The molecule has 0 atom stereocenters. The topological polar surface area (TPSA) is 67.6 Å². The van der Waals surface area contributed by atoms with Crippen molar-refractivity contribution in [3.8, 4) is 6.07 Å². The number of carbonyl (C=O) groups is 1. The first-order valence-corrected chi connectivity index (χ1v) is 4.49. The second-order valence-electron chi connectivity index (χ2n) is 3.10. The van der Waals surface area contributed by atoms with Crippen molar-refractivity contribution in [3.63, 3.8) is 0 Å².